The second kappa shape index (κ2) is 4.62. The molecule has 2 rings (SSSR count). The predicted octanol–water partition coefficient (Wildman–Crippen LogP) is 1.80. The highest BCUT2D eigenvalue weighted by molar-refractivity contribution is 6.12. The van der Waals surface area contributed by atoms with Crippen LogP contribution >= 0.6 is 0 Å². The van der Waals surface area contributed by atoms with E-state index in [9.17, 15) is 14.9 Å². The van der Waals surface area contributed by atoms with Crippen molar-refractivity contribution in [2.45, 2.75) is 0 Å². The number of aromatic nitrogens is 1. The van der Waals surface area contributed by atoms with Gasteiger partial charge in [-0.05, 0) is 24.3 Å². The normalized spacial score (nSPS) is 10.0. The van der Waals surface area contributed by atoms with Crippen molar-refractivity contribution < 1.29 is 9.72 Å². The number of hydrogen-bond acceptors (Lipinski definition) is 5. The fraction of sp³-hybridized carbons (Fsp3) is 0. The van der Waals surface area contributed by atoms with Gasteiger partial charge >= 0.3 is 5.69 Å². The van der Waals surface area contributed by atoms with Crippen molar-refractivity contribution in [2.24, 2.45) is 0 Å². The first-order valence-corrected chi connectivity index (χ1v) is 5.09. The molecular formula is C12H9N3O3. The third-order valence-corrected chi connectivity index (χ3v) is 2.42. The lowest BCUT2D eigenvalue weighted by Gasteiger charge is -2.04. The number of nitrogens with two attached hydrogens (primary N) is 1. The molecule has 0 aliphatic heterocycles. The smallest absolute Gasteiger partial charge is 0.303 e. The van der Waals surface area contributed by atoms with Crippen molar-refractivity contribution in [3.05, 3.63) is 64.0 Å². The molecule has 0 aliphatic rings. The molecular weight excluding hydrogens is 234 g/mol. The highest BCUT2D eigenvalue weighted by Gasteiger charge is 2.23. The summed E-state index contributed by atoms with van der Waals surface area (Å²) in [4.78, 5) is 26.2. The molecule has 0 saturated carbocycles. The fourth-order valence-corrected chi connectivity index (χ4v) is 1.60. The van der Waals surface area contributed by atoms with Gasteiger partial charge < -0.3 is 5.73 Å². The van der Waals surface area contributed by atoms with Crippen molar-refractivity contribution in [1.82, 2.24) is 4.98 Å². The molecule has 6 nitrogen and oxygen atoms in total. The first-order chi connectivity index (χ1) is 8.61. The highest BCUT2D eigenvalue weighted by Crippen LogP contribution is 2.27. The fourth-order valence-electron chi connectivity index (χ4n) is 1.60. The van der Waals surface area contributed by atoms with Gasteiger partial charge in [0.05, 0.1) is 4.92 Å². The van der Waals surface area contributed by atoms with Crippen molar-refractivity contribution >= 4 is 17.2 Å². The Balaban J connectivity index is 2.56. The molecule has 0 amide bonds. The van der Waals surface area contributed by atoms with Crippen LogP contribution in [0.25, 0.3) is 0 Å². The highest BCUT2D eigenvalue weighted by atomic mass is 16.6. The van der Waals surface area contributed by atoms with Gasteiger partial charge in [0.2, 0.25) is 5.78 Å². The lowest BCUT2D eigenvalue weighted by molar-refractivity contribution is -0.384. The molecule has 1 heterocycles. The van der Waals surface area contributed by atoms with Crippen LogP contribution in [0, 0.1) is 10.1 Å². The standard InChI is InChI=1S/C12H9N3O3/c13-10-5-1-4-9(11(10)15(17)18)12(16)8-3-2-6-14-7-8/h1-7H,13H2. The minimum absolute atomic E-state index is 0.0326. The van der Waals surface area contributed by atoms with Crippen LogP contribution < -0.4 is 5.73 Å². The molecule has 0 fully saturated rings. The summed E-state index contributed by atoms with van der Waals surface area (Å²) in [6, 6.07) is 7.40. The van der Waals surface area contributed by atoms with Crippen LogP contribution in [0.4, 0.5) is 11.4 Å². The van der Waals surface area contributed by atoms with Gasteiger partial charge in [-0.1, -0.05) is 6.07 Å². The molecule has 0 radical (unpaired) electrons. The van der Waals surface area contributed by atoms with E-state index in [0.717, 1.165) is 0 Å². The molecule has 90 valence electrons. The summed E-state index contributed by atoms with van der Waals surface area (Å²) in [5, 5.41) is 10.9. The monoisotopic (exact) mass is 243 g/mol. The molecule has 6 heteroatoms. The zero-order valence-corrected chi connectivity index (χ0v) is 9.24. The van der Waals surface area contributed by atoms with Crippen LogP contribution in [0.5, 0.6) is 0 Å². The summed E-state index contributed by atoms with van der Waals surface area (Å²) >= 11 is 0. The van der Waals surface area contributed by atoms with Crippen molar-refractivity contribution in [2.75, 3.05) is 5.73 Å². The van der Waals surface area contributed by atoms with E-state index in [1.165, 1.54) is 30.6 Å². The number of nitro groups is 1. The summed E-state index contributed by atoms with van der Waals surface area (Å²) in [7, 11) is 0. The number of nitro benzene ring substituents is 1. The molecule has 18 heavy (non-hydrogen) atoms. The van der Waals surface area contributed by atoms with E-state index < -0.39 is 10.7 Å². The number of rotatable bonds is 3. The quantitative estimate of drug-likeness (QED) is 0.383. The van der Waals surface area contributed by atoms with Gasteiger partial charge in [0.1, 0.15) is 11.3 Å². The molecule has 0 saturated heterocycles. The topological polar surface area (TPSA) is 99.1 Å². The second-order valence-electron chi connectivity index (χ2n) is 3.57. The third-order valence-electron chi connectivity index (χ3n) is 2.42. The first-order valence-electron chi connectivity index (χ1n) is 5.09. The minimum Gasteiger partial charge on any atom is -0.393 e. The van der Waals surface area contributed by atoms with E-state index in [1.807, 2.05) is 0 Å². The Kier molecular flexibility index (Phi) is 3.01. The maximum atomic E-state index is 12.1. The number of nitrogen functional groups attached to an aromatic ring is 1. The maximum Gasteiger partial charge on any atom is 0.303 e. The molecule has 2 N–H and O–H groups in total. The number of carbonyl (C=O) groups excluding carboxylic acids is 1. The van der Waals surface area contributed by atoms with Crippen LogP contribution in [0.2, 0.25) is 0 Å². The lowest BCUT2D eigenvalue weighted by Crippen LogP contribution is -2.07. The van der Waals surface area contributed by atoms with Crippen LogP contribution in [-0.4, -0.2) is 15.7 Å². The van der Waals surface area contributed by atoms with E-state index in [0.29, 0.717) is 0 Å². The number of benzene rings is 1. The van der Waals surface area contributed by atoms with Crippen LogP contribution in [-0.2, 0) is 0 Å². The average Bonchev–Trinajstić information content (AvgIpc) is 2.38. The summed E-state index contributed by atoms with van der Waals surface area (Å²) in [6.45, 7) is 0. The Hall–Kier alpha value is -2.76. The van der Waals surface area contributed by atoms with Gasteiger partial charge in [0.25, 0.3) is 0 Å². The summed E-state index contributed by atoms with van der Waals surface area (Å²) in [6.07, 6.45) is 2.87. The number of pyridine rings is 1. The zero-order valence-electron chi connectivity index (χ0n) is 9.24. The van der Waals surface area contributed by atoms with Gasteiger partial charge in [-0.25, -0.2) is 0 Å². The summed E-state index contributed by atoms with van der Waals surface area (Å²) < 4.78 is 0. The number of ketones is 1. The Morgan fingerprint density at radius 3 is 2.67 bits per heavy atom. The minimum atomic E-state index is -0.654. The Bertz CT molecular complexity index is 611. The van der Waals surface area contributed by atoms with Crippen molar-refractivity contribution in [3.8, 4) is 0 Å². The van der Waals surface area contributed by atoms with E-state index in [4.69, 9.17) is 5.73 Å². The molecule has 1 aromatic carbocycles. The largest absolute Gasteiger partial charge is 0.393 e. The molecule has 0 spiro atoms. The number of hydrogen-bond donors (Lipinski definition) is 1. The molecule has 2 aromatic rings. The number of nitrogens with zero attached hydrogens (tertiary/aromatic N) is 2. The zero-order chi connectivity index (χ0) is 13.1. The van der Waals surface area contributed by atoms with Gasteiger partial charge in [-0.15, -0.1) is 0 Å². The Morgan fingerprint density at radius 2 is 2.06 bits per heavy atom. The Morgan fingerprint density at radius 1 is 1.28 bits per heavy atom. The van der Waals surface area contributed by atoms with Crippen LogP contribution in [0.15, 0.2) is 42.7 Å². The summed E-state index contributed by atoms with van der Waals surface area (Å²) in [5.41, 5.74) is 5.38. The van der Waals surface area contributed by atoms with Gasteiger partial charge in [-0.3, -0.25) is 19.9 Å². The lowest BCUT2D eigenvalue weighted by atomic mass is 10.0. The van der Waals surface area contributed by atoms with E-state index >= 15 is 0 Å². The van der Waals surface area contributed by atoms with Crippen LogP contribution in [0.1, 0.15) is 15.9 Å². The molecule has 0 aliphatic carbocycles. The van der Waals surface area contributed by atoms with Crippen molar-refractivity contribution in [3.63, 3.8) is 0 Å². The summed E-state index contributed by atoms with van der Waals surface area (Å²) in [5.74, 6) is -0.470. The van der Waals surface area contributed by atoms with Crippen molar-refractivity contribution in [1.29, 1.82) is 0 Å². The molecule has 1 aromatic heterocycles. The van der Waals surface area contributed by atoms with E-state index in [2.05, 4.69) is 4.98 Å². The SMILES string of the molecule is Nc1cccc(C(=O)c2cccnc2)c1[N+](=O)[O-]. The van der Waals surface area contributed by atoms with Crippen LogP contribution in [0.3, 0.4) is 0 Å². The predicted molar refractivity (Wildman–Crippen MR) is 65.2 cm³/mol. The number of carbonyl (C=O) groups is 1. The number of para-hydroxylation sites is 1. The maximum absolute atomic E-state index is 12.1. The average molecular weight is 243 g/mol. The van der Waals surface area contributed by atoms with Gasteiger partial charge in [0, 0.05) is 18.0 Å². The van der Waals surface area contributed by atoms with E-state index in [1.54, 1.807) is 12.1 Å². The molecule has 0 bridgehead atoms. The third kappa shape index (κ3) is 2.03. The first kappa shape index (κ1) is 11.7. The molecule has 0 atom stereocenters. The number of anilines is 1. The Labute approximate surface area is 102 Å². The van der Waals surface area contributed by atoms with E-state index in [-0.39, 0.29) is 22.5 Å². The second-order valence-corrected chi connectivity index (χ2v) is 3.57. The van der Waals surface area contributed by atoms with Gasteiger partial charge in [0.15, 0.2) is 0 Å². The molecule has 0 unspecified atom stereocenters. The van der Waals surface area contributed by atoms with Gasteiger partial charge in [-0.2, -0.15) is 0 Å².